The minimum absolute atomic E-state index is 0.596. The number of unbranched alkanes of at least 4 members (excludes halogenated alkanes) is 1. The highest BCUT2D eigenvalue weighted by molar-refractivity contribution is 5.33. The maximum atomic E-state index is 5.78. The Bertz CT molecular complexity index is 344. The van der Waals surface area contributed by atoms with Crippen LogP contribution in [0.5, 0.6) is 5.75 Å². The van der Waals surface area contributed by atoms with E-state index in [1.807, 2.05) is 18.2 Å². The standard InChI is InChI=1S/C16H27NO3/c1-3-4-10-19-12-13-20-16-8-6-5-7-15(16)14-17-9-11-18-2/h5-8,17H,3-4,9-14H2,1-2H3. The Kier molecular flexibility index (Phi) is 9.92. The van der Waals surface area contributed by atoms with Crippen molar-refractivity contribution in [3.05, 3.63) is 29.8 Å². The Morgan fingerprint density at radius 1 is 1.05 bits per heavy atom. The molecule has 1 rings (SSSR count). The lowest BCUT2D eigenvalue weighted by molar-refractivity contribution is 0.0977. The van der Waals surface area contributed by atoms with Gasteiger partial charge in [0, 0.05) is 32.4 Å². The largest absolute Gasteiger partial charge is 0.491 e. The second kappa shape index (κ2) is 11.7. The van der Waals surface area contributed by atoms with E-state index in [9.17, 15) is 0 Å². The molecular weight excluding hydrogens is 254 g/mol. The molecule has 0 heterocycles. The molecule has 0 unspecified atom stereocenters. The smallest absolute Gasteiger partial charge is 0.123 e. The monoisotopic (exact) mass is 281 g/mol. The summed E-state index contributed by atoms with van der Waals surface area (Å²) in [6.45, 7) is 6.56. The molecule has 114 valence electrons. The zero-order valence-electron chi connectivity index (χ0n) is 12.7. The molecule has 0 amide bonds. The predicted octanol–water partition coefficient (Wildman–Crippen LogP) is 2.62. The molecule has 4 nitrogen and oxygen atoms in total. The van der Waals surface area contributed by atoms with Crippen LogP contribution in [0, 0.1) is 0 Å². The van der Waals surface area contributed by atoms with Crippen molar-refractivity contribution in [2.75, 3.05) is 40.1 Å². The van der Waals surface area contributed by atoms with E-state index in [4.69, 9.17) is 14.2 Å². The zero-order valence-corrected chi connectivity index (χ0v) is 12.7. The number of hydrogen-bond acceptors (Lipinski definition) is 4. The first-order chi connectivity index (χ1) is 9.88. The summed E-state index contributed by atoms with van der Waals surface area (Å²) in [4.78, 5) is 0. The fraction of sp³-hybridized carbons (Fsp3) is 0.625. The molecule has 0 saturated carbocycles. The van der Waals surface area contributed by atoms with Crippen LogP contribution < -0.4 is 10.1 Å². The van der Waals surface area contributed by atoms with E-state index >= 15 is 0 Å². The summed E-state index contributed by atoms with van der Waals surface area (Å²) in [5.74, 6) is 0.927. The quantitative estimate of drug-likeness (QED) is 0.598. The average molecular weight is 281 g/mol. The number of methoxy groups -OCH3 is 1. The molecule has 1 N–H and O–H groups in total. The summed E-state index contributed by atoms with van der Waals surface area (Å²) in [5, 5.41) is 3.33. The summed E-state index contributed by atoms with van der Waals surface area (Å²) in [7, 11) is 1.71. The molecule has 0 spiro atoms. The van der Waals surface area contributed by atoms with Crippen LogP contribution >= 0.6 is 0 Å². The van der Waals surface area contributed by atoms with Crippen LogP contribution in [0.4, 0.5) is 0 Å². The third-order valence-electron chi connectivity index (χ3n) is 2.90. The number of para-hydroxylation sites is 1. The molecule has 0 bridgehead atoms. The fourth-order valence-electron chi connectivity index (χ4n) is 1.75. The molecule has 0 aliphatic heterocycles. The van der Waals surface area contributed by atoms with Crippen LogP contribution in [0.25, 0.3) is 0 Å². The van der Waals surface area contributed by atoms with Gasteiger partial charge in [-0.05, 0) is 12.5 Å². The Morgan fingerprint density at radius 2 is 1.90 bits per heavy atom. The van der Waals surface area contributed by atoms with Crippen molar-refractivity contribution in [3.63, 3.8) is 0 Å². The van der Waals surface area contributed by atoms with Crippen LogP contribution in [0.3, 0.4) is 0 Å². The van der Waals surface area contributed by atoms with E-state index in [-0.39, 0.29) is 0 Å². The Hall–Kier alpha value is -1.10. The molecule has 0 radical (unpaired) electrons. The molecule has 20 heavy (non-hydrogen) atoms. The van der Waals surface area contributed by atoms with Crippen molar-refractivity contribution in [3.8, 4) is 5.75 Å². The second-order valence-electron chi connectivity index (χ2n) is 4.59. The van der Waals surface area contributed by atoms with Crippen LogP contribution in [-0.2, 0) is 16.0 Å². The maximum Gasteiger partial charge on any atom is 0.123 e. The summed E-state index contributed by atoms with van der Waals surface area (Å²) >= 11 is 0. The molecule has 0 aromatic heterocycles. The third kappa shape index (κ3) is 7.48. The molecule has 0 aliphatic carbocycles. The molecule has 0 atom stereocenters. The summed E-state index contributed by atoms with van der Waals surface area (Å²) in [6.07, 6.45) is 2.27. The zero-order chi connectivity index (χ0) is 14.5. The highest BCUT2D eigenvalue weighted by atomic mass is 16.5. The van der Waals surface area contributed by atoms with E-state index in [0.29, 0.717) is 19.8 Å². The van der Waals surface area contributed by atoms with Gasteiger partial charge in [-0.2, -0.15) is 0 Å². The van der Waals surface area contributed by atoms with E-state index in [1.165, 1.54) is 0 Å². The number of nitrogens with one attached hydrogen (secondary N) is 1. The van der Waals surface area contributed by atoms with E-state index < -0.39 is 0 Å². The normalized spacial score (nSPS) is 10.7. The van der Waals surface area contributed by atoms with E-state index in [0.717, 1.165) is 43.9 Å². The summed E-state index contributed by atoms with van der Waals surface area (Å²) < 4.78 is 16.3. The predicted molar refractivity (Wildman–Crippen MR) is 81.2 cm³/mol. The minimum Gasteiger partial charge on any atom is -0.491 e. The first-order valence-electron chi connectivity index (χ1n) is 7.36. The van der Waals surface area contributed by atoms with Gasteiger partial charge in [-0.25, -0.2) is 0 Å². The molecule has 0 aliphatic rings. The van der Waals surface area contributed by atoms with Gasteiger partial charge in [0.15, 0.2) is 0 Å². The third-order valence-corrected chi connectivity index (χ3v) is 2.90. The number of rotatable bonds is 12. The Morgan fingerprint density at radius 3 is 2.70 bits per heavy atom. The van der Waals surface area contributed by atoms with Crippen molar-refractivity contribution in [1.29, 1.82) is 0 Å². The van der Waals surface area contributed by atoms with Crippen LogP contribution in [0.2, 0.25) is 0 Å². The molecule has 0 saturated heterocycles. The molecular formula is C16H27NO3. The van der Waals surface area contributed by atoms with Gasteiger partial charge >= 0.3 is 0 Å². The van der Waals surface area contributed by atoms with Crippen LogP contribution in [-0.4, -0.2) is 40.1 Å². The minimum atomic E-state index is 0.596. The Balaban J connectivity index is 2.26. The highest BCUT2D eigenvalue weighted by Gasteiger charge is 2.02. The van der Waals surface area contributed by atoms with Crippen molar-refractivity contribution < 1.29 is 14.2 Å². The van der Waals surface area contributed by atoms with Gasteiger partial charge in [0.2, 0.25) is 0 Å². The van der Waals surface area contributed by atoms with Gasteiger partial charge in [-0.1, -0.05) is 31.5 Å². The topological polar surface area (TPSA) is 39.7 Å². The van der Waals surface area contributed by atoms with Gasteiger partial charge in [-0.15, -0.1) is 0 Å². The van der Waals surface area contributed by atoms with Gasteiger partial charge in [-0.3, -0.25) is 0 Å². The molecule has 1 aromatic rings. The van der Waals surface area contributed by atoms with Gasteiger partial charge in [0.1, 0.15) is 12.4 Å². The Labute approximate surface area is 122 Å². The first kappa shape index (κ1) is 17.0. The second-order valence-corrected chi connectivity index (χ2v) is 4.59. The lowest BCUT2D eigenvalue weighted by atomic mass is 10.2. The number of ether oxygens (including phenoxy) is 3. The van der Waals surface area contributed by atoms with Crippen molar-refractivity contribution in [2.24, 2.45) is 0 Å². The van der Waals surface area contributed by atoms with E-state index in [2.05, 4.69) is 18.3 Å². The highest BCUT2D eigenvalue weighted by Crippen LogP contribution is 2.17. The SMILES string of the molecule is CCCCOCCOc1ccccc1CNCCOC. The molecule has 1 aromatic carbocycles. The number of hydrogen-bond donors (Lipinski definition) is 1. The van der Waals surface area contributed by atoms with Gasteiger partial charge in [0.05, 0.1) is 13.2 Å². The molecule has 4 heteroatoms. The van der Waals surface area contributed by atoms with E-state index in [1.54, 1.807) is 7.11 Å². The van der Waals surface area contributed by atoms with Crippen molar-refractivity contribution >= 4 is 0 Å². The lowest BCUT2D eigenvalue weighted by Crippen LogP contribution is -2.19. The van der Waals surface area contributed by atoms with Crippen LogP contribution in [0.15, 0.2) is 24.3 Å². The van der Waals surface area contributed by atoms with Crippen molar-refractivity contribution in [2.45, 2.75) is 26.3 Å². The molecule has 0 fully saturated rings. The summed E-state index contributed by atoms with van der Waals surface area (Å²) in [5.41, 5.74) is 1.16. The first-order valence-corrected chi connectivity index (χ1v) is 7.36. The average Bonchev–Trinajstić information content (AvgIpc) is 2.48. The lowest BCUT2D eigenvalue weighted by Gasteiger charge is -2.12. The van der Waals surface area contributed by atoms with Gasteiger partial charge in [0.25, 0.3) is 0 Å². The fourth-order valence-corrected chi connectivity index (χ4v) is 1.75. The summed E-state index contributed by atoms with van der Waals surface area (Å²) in [6, 6.07) is 8.09. The van der Waals surface area contributed by atoms with Gasteiger partial charge < -0.3 is 19.5 Å². The number of benzene rings is 1. The maximum absolute atomic E-state index is 5.78. The van der Waals surface area contributed by atoms with Crippen LogP contribution in [0.1, 0.15) is 25.3 Å². The van der Waals surface area contributed by atoms with Crippen molar-refractivity contribution in [1.82, 2.24) is 5.32 Å².